The summed E-state index contributed by atoms with van der Waals surface area (Å²) in [6.45, 7) is 2.44. The monoisotopic (exact) mass is 279 g/mol. The Bertz CT molecular complexity index is 463. The molecule has 2 amide bonds. The molecule has 0 fully saturated rings. The summed E-state index contributed by atoms with van der Waals surface area (Å²) in [4.78, 5) is 22.3. The first kappa shape index (κ1) is 16.0. The van der Waals surface area contributed by atoms with Crippen molar-refractivity contribution in [2.24, 2.45) is 0 Å². The first-order valence-electron chi connectivity index (χ1n) is 6.54. The van der Waals surface area contributed by atoms with E-state index in [1.807, 2.05) is 31.3 Å². The molecule has 6 heteroatoms. The number of amides is 2. The third kappa shape index (κ3) is 5.71. The van der Waals surface area contributed by atoms with Gasteiger partial charge in [0.25, 0.3) is 0 Å². The highest BCUT2D eigenvalue weighted by molar-refractivity contribution is 5.90. The molecule has 0 heterocycles. The van der Waals surface area contributed by atoms with Crippen molar-refractivity contribution in [3.8, 4) is 0 Å². The number of urea groups is 1. The number of aliphatic carboxylic acids is 1. The molecule has 0 aromatic heterocycles. The van der Waals surface area contributed by atoms with Gasteiger partial charge in [-0.3, -0.25) is 4.79 Å². The minimum atomic E-state index is -0.863. The number of carbonyl (C=O) groups is 2. The van der Waals surface area contributed by atoms with E-state index in [2.05, 4.69) is 16.0 Å². The van der Waals surface area contributed by atoms with E-state index in [1.54, 1.807) is 6.92 Å². The molecule has 0 radical (unpaired) electrons. The summed E-state index contributed by atoms with van der Waals surface area (Å²) >= 11 is 0. The average molecular weight is 279 g/mol. The third-order valence-electron chi connectivity index (χ3n) is 2.80. The van der Waals surface area contributed by atoms with Crippen LogP contribution in [0, 0.1) is 0 Å². The first-order chi connectivity index (χ1) is 9.52. The van der Waals surface area contributed by atoms with Crippen LogP contribution in [0.5, 0.6) is 0 Å². The van der Waals surface area contributed by atoms with Crippen LogP contribution in [0.15, 0.2) is 24.3 Å². The van der Waals surface area contributed by atoms with Gasteiger partial charge in [-0.15, -0.1) is 0 Å². The number of benzene rings is 1. The van der Waals surface area contributed by atoms with Crippen molar-refractivity contribution in [2.75, 3.05) is 12.4 Å². The number of carboxylic acid groups (broad SMARTS) is 1. The van der Waals surface area contributed by atoms with Gasteiger partial charge < -0.3 is 21.1 Å². The number of carbonyl (C=O) groups excluding carboxylic acids is 1. The summed E-state index contributed by atoms with van der Waals surface area (Å²) < 4.78 is 0. The van der Waals surface area contributed by atoms with E-state index in [0.717, 1.165) is 11.3 Å². The minimum absolute atomic E-state index is 0.0395. The molecule has 4 N–H and O–H groups in total. The van der Waals surface area contributed by atoms with Crippen molar-refractivity contribution in [1.82, 2.24) is 10.6 Å². The molecule has 20 heavy (non-hydrogen) atoms. The minimum Gasteiger partial charge on any atom is -0.481 e. The second-order valence-corrected chi connectivity index (χ2v) is 4.62. The van der Waals surface area contributed by atoms with Crippen LogP contribution in [0.25, 0.3) is 0 Å². The molecule has 0 aliphatic carbocycles. The summed E-state index contributed by atoms with van der Waals surface area (Å²) in [7, 11) is 1.84. The lowest BCUT2D eigenvalue weighted by molar-refractivity contribution is -0.137. The molecular formula is C14H21N3O3. The van der Waals surface area contributed by atoms with Crippen LogP contribution in [0.2, 0.25) is 0 Å². The Balaban J connectivity index is 2.51. The predicted octanol–water partition coefficient (Wildman–Crippen LogP) is 1.78. The number of hydrogen-bond donors (Lipinski definition) is 4. The van der Waals surface area contributed by atoms with E-state index >= 15 is 0 Å². The molecular weight excluding hydrogens is 258 g/mol. The zero-order chi connectivity index (χ0) is 15.0. The molecule has 0 aliphatic rings. The zero-order valence-corrected chi connectivity index (χ0v) is 11.8. The normalized spacial score (nSPS) is 11.7. The van der Waals surface area contributed by atoms with Crippen LogP contribution >= 0.6 is 0 Å². The summed E-state index contributed by atoms with van der Waals surface area (Å²) in [6.07, 6.45) is 0.443. The van der Waals surface area contributed by atoms with Crippen molar-refractivity contribution in [3.63, 3.8) is 0 Å². The Morgan fingerprint density at radius 2 is 2.00 bits per heavy atom. The average Bonchev–Trinajstić information content (AvgIpc) is 2.39. The fourth-order valence-electron chi connectivity index (χ4n) is 1.78. The standard InChI is InChI=1S/C14H21N3O3/c1-10(7-8-13(18)19)16-14(20)17-12-6-4-3-5-11(12)9-15-2/h3-6,10,15H,7-9H2,1-2H3,(H,18,19)(H2,16,17,20). The van der Waals surface area contributed by atoms with Crippen LogP contribution in [0.4, 0.5) is 10.5 Å². The Morgan fingerprint density at radius 3 is 2.65 bits per heavy atom. The second kappa shape index (κ2) is 8.16. The van der Waals surface area contributed by atoms with E-state index in [1.165, 1.54) is 0 Å². The van der Waals surface area contributed by atoms with Gasteiger partial charge in [0, 0.05) is 24.7 Å². The van der Waals surface area contributed by atoms with E-state index in [4.69, 9.17) is 5.11 Å². The van der Waals surface area contributed by atoms with E-state index in [-0.39, 0.29) is 18.5 Å². The maximum absolute atomic E-state index is 11.8. The molecule has 0 saturated heterocycles. The lowest BCUT2D eigenvalue weighted by atomic mass is 10.1. The number of rotatable bonds is 7. The molecule has 110 valence electrons. The number of nitrogens with one attached hydrogen (secondary N) is 3. The molecule has 0 spiro atoms. The topological polar surface area (TPSA) is 90.5 Å². The van der Waals surface area contributed by atoms with Crippen molar-refractivity contribution in [1.29, 1.82) is 0 Å². The number of hydrogen-bond acceptors (Lipinski definition) is 3. The van der Waals surface area contributed by atoms with Crippen molar-refractivity contribution < 1.29 is 14.7 Å². The maximum Gasteiger partial charge on any atom is 0.319 e. The van der Waals surface area contributed by atoms with Gasteiger partial charge >= 0.3 is 12.0 Å². The van der Waals surface area contributed by atoms with Gasteiger partial charge in [0.15, 0.2) is 0 Å². The molecule has 6 nitrogen and oxygen atoms in total. The number of carboxylic acids is 1. The van der Waals surface area contributed by atoms with E-state index < -0.39 is 5.97 Å². The number of anilines is 1. The summed E-state index contributed by atoms with van der Waals surface area (Å²) in [6, 6.07) is 7.00. The van der Waals surface area contributed by atoms with Crippen LogP contribution in [0.1, 0.15) is 25.3 Å². The lowest BCUT2D eigenvalue weighted by Gasteiger charge is -2.15. The Hall–Kier alpha value is -2.08. The fourth-order valence-corrected chi connectivity index (χ4v) is 1.78. The molecule has 0 bridgehead atoms. The van der Waals surface area contributed by atoms with Gasteiger partial charge in [0.1, 0.15) is 0 Å². The highest BCUT2D eigenvalue weighted by Gasteiger charge is 2.10. The summed E-state index contributed by atoms with van der Waals surface area (Å²) in [5.74, 6) is -0.863. The van der Waals surface area contributed by atoms with Crippen LogP contribution in [0.3, 0.4) is 0 Å². The smallest absolute Gasteiger partial charge is 0.319 e. The van der Waals surface area contributed by atoms with Gasteiger partial charge in [-0.1, -0.05) is 18.2 Å². The van der Waals surface area contributed by atoms with Gasteiger partial charge in [-0.25, -0.2) is 4.79 Å². The van der Waals surface area contributed by atoms with Crippen molar-refractivity contribution >= 4 is 17.7 Å². The van der Waals surface area contributed by atoms with Crippen LogP contribution < -0.4 is 16.0 Å². The predicted molar refractivity (Wildman–Crippen MR) is 77.7 cm³/mol. The van der Waals surface area contributed by atoms with Crippen molar-refractivity contribution in [3.05, 3.63) is 29.8 Å². The van der Waals surface area contributed by atoms with E-state index in [0.29, 0.717) is 13.0 Å². The summed E-state index contributed by atoms with van der Waals surface area (Å²) in [5.41, 5.74) is 1.73. The maximum atomic E-state index is 11.8. The Kier molecular flexibility index (Phi) is 6.52. The van der Waals surface area contributed by atoms with Crippen molar-refractivity contribution in [2.45, 2.75) is 32.4 Å². The second-order valence-electron chi connectivity index (χ2n) is 4.62. The largest absolute Gasteiger partial charge is 0.481 e. The van der Waals surface area contributed by atoms with Gasteiger partial charge in [0.05, 0.1) is 0 Å². The number of para-hydroxylation sites is 1. The molecule has 1 aromatic carbocycles. The molecule has 1 atom stereocenters. The lowest BCUT2D eigenvalue weighted by Crippen LogP contribution is -2.36. The third-order valence-corrected chi connectivity index (χ3v) is 2.80. The van der Waals surface area contributed by atoms with Crippen LogP contribution in [-0.2, 0) is 11.3 Å². The molecule has 1 aromatic rings. The Morgan fingerprint density at radius 1 is 1.30 bits per heavy atom. The van der Waals surface area contributed by atoms with Gasteiger partial charge in [-0.05, 0) is 32.0 Å². The Labute approximate surface area is 118 Å². The van der Waals surface area contributed by atoms with Gasteiger partial charge in [0.2, 0.25) is 0 Å². The fraction of sp³-hybridized carbons (Fsp3) is 0.429. The zero-order valence-electron chi connectivity index (χ0n) is 11.8. The SMILES string of the molecule is CNCc1ccccc1NC(=O)NC(C)CCC(=O)O. The molecule has 1 unspecified atom stereocenters. The highest BCUT2D eigenvalue weighted by atomic mass is 16.4. The molecule has 1 rings (SSSR count). The quantitative estimate of drug-likeness (QED) is 0.612. The highest BCUT2D eigenvalue weighted by Crippen LogP contribution is 2.14. The molecule has 0 saturated carbocycles. The molecule has 0 aliphatic heterocycles. The van der Waals surface area contributed by atoms with Gasteiger partial charge in [-0.2, -0.15) is 0 Å². The first-order valence-corrected chi connectivity index (χ1v) is 6.54. The van der Waals surface area contributed by atoms with Crippen LogP contribution in [-0.4, -0.2) is 30.2 Å². The summed E-state index contributed by atoms with van der Waals surface area (Å²) in [5, 5.41) is 17.1. The van der Waals surface area contributed by atoms with E-state index in [9.17, 15) is 9.59 Å².